The van der Waals surface area contributed by atoms with Gasteiger partial charge in [-0.3, -0.25) is 0 Å². The molecule has 2 N–H and O–H groups in total. The Hall–Kier alpha value is -1.26. The van der Waals surface area contributed by atoms with E-state index in [1.54, 1.807) is 14.2 Å². The molecule has 102 valence electrons. The minimum Gasteiger partial charge on any atom is -0.497 e. The first-order valence-electron chi connectivity index (χ1n) is 6.31. The van der Waals surface area contributed by atoms with Crippen LogP contribution in [0.2, 0.25) is 0 Å². The first kappa shape index (κ1) is 14.8. The molecule has 0 aliphatic rings. The monoisotopic (exact) mass is 253 g/mol. The zero-order valence-electron chi connectivity index (χ0n) is 11.4. The van der Waals surface area contributed by atoms with Crippen LogP contribution in [0.3, 0.4) is 0 Å². The van der Waals surface area contributed by atoms with Crippen molar-refractivity contribution >= 4 is 0 Å². The molecule has 0 saturated carbocycles. The van der Waals surface area contributed by atoms with Crippen LogP contribution >= 0.6 is 0 Å². The van der Waals surface area contributed by atoms with Crippen LogP contribution in [0, 0.1) is 0 Å². The van der Waals surface area contributed by atoms with Crippen molar-refractivity contribution in [3.63, 3.8) is 0 Å². The second-order valence-corrected chi connectivity index (χ2v) is 4.21. The summed E-state index contributed by atoms with van der Waals surface area (Å²) in [6.07, 6.45) is 1.34. The summed E-state index contributed by atoms with van der Waals surface area (Å²) in [4.78, 5) is 0. The van der Waals surface area contributed by atoms with Gasteiger partial charge in [-0.05, 0) is 37.6 Å². The van der Waals surface area contributed by atoms with Crippen molar-refractivity contribution in [1.29, 1.82) is 0 Å². The van der Waals surface area contributed by atoms with Gasteiger partial charge in [-0.25, -0.2) is 0 Å². The van der Waals surface area contributed by atoms with Gasteiger partial charge in [0.25, 0.3) is 0 Å². The van der Waals surface area contributed by atoms with Crippen LogP contribution in [0.1, 0.15) is 25.3 Å². The van der Waals surface area contributed by atoms with Gasteiger partial charge < -0.3 is 19.9 Å². The number of hydrogen-bond acceptors (Lipinski definition) is 4. The van der Waals surface area contributed by atoms with Gasteiger partial charge in [-0.1, -0.05) is 6.92 Å². The third-order valence-electron chi connectivity index (χ3n) is 2.93. The minimum atomic E-state index is -0.218. The third-order valence-corrected chi connectivity index (χ3v) is 2.93. The highest BCUT2D eigenvalue weighted by molar-refractivity contribution is 5.40. The summed E-state index contributed by atoms with van der Waals surface area (Å²) in [7, 11) is 3.31. The van der Waals surface area contributed by atoms with E-state index < -0.39 is 0 Å². The van der Waals surface area contributed by atoms with E-state index >= 15 is 0 Å². The standard InChI is InChI=1S/C14H23NO3/c1-4-12(16)7-8-15-10-11-9-13(17-2)5-6-14(11)18-3/h5-6,9,12,15-16H,4,7-8,10H2,1-3H3. The SMILES string of the molecule is CCC(O)CCNCc1cc(OC)ccc1OC. The Kier molecular flexibility index (Phi) is 6.54. The Morgan fingerprint density at radius 3 is 2.67 bits per heavy atom. The molecule has 0 amide bonds. The van der Waals surface area contributed by atoms with Crippen LogP contribution < -0.4 is 14.8 Å². The van der Waals surface area contributed by atoms with Crippen molar-refractivity contribution in [1.82, 2.24) is 5.32 Å². The Morgan fingerprint density at radius 1 is 1.28 bits per heavy atom. The number of aliphatic hydroxyl groups excluding tert-OH is 1. The van der Waals surface area contributed by atoms with Crippen LogP contribution in [-0.2, 0) is 6.54 Å². The van der Waals surface area contributed by atoms with Crippen LogP contribution in [-0.4, -0.2) is 32.0 Å². The van der Waals surface area contributed by atoms with Gasteiger partial charge in [0.1, 0.15) is 11.5 Å². The average Bonchev–Trinajstić information content (AvgIpc) is 2.42. The molecule has 1 unspecified atom stereocenters. The second kappa shape index (κ2) is 7.95. The number of benzene rings is 1. The fraction of sp³-hybridized carbons (Fsp3) is 0.571. The van der Waals surface area contributed by atoms with E-state index in [0.717, 1.165) is 36.4 Å². The number of methoxy groups -OCH3 is 2. The molecule has 1 atom stereocenters. The van der Waals surface area contributed by atoms with E-state index in [1.807, 2.05) is 25.1 Å². The van der Waals surface area contributed by atoms with Crippen LogP contribution in [0.25, 0.3) is 0 Å². The van der Waals surface area contributed by atoms with Crippen LogP contribution in [0.15, 0.2) is 18.2 Å². The zero-order valence-corrected chi connectivity index (χ0v) is 11.4. The molecular formula is C14H23NO3. The highest BCUT2D eigenvalue weighted by Gasteiger charge is 2.05. The highest BCUT2D eigenvalue weighted by Crippen LogP contribution is 2.23. The predicted octanol–water partition coefficient (Wildman–Crippen LogP) is 1.95. The van der Waals surface area contributed by atoms with Gasteiger partial charge in [0.15, 0.2) is 0 Å². The van der Waals surface area contributed by atoms with Gasteiger partial charge in [-0.15, -0.1) is 0 Å². The zero-order chi connectivity index (χ0) is 13.4. The number of rotatable bonds is 8. The lowest BCUT2D eigenvalue weighted by molar-refractivity contribution is 0.159. The molecule has 0 bridgehead atoms. The summed E-state index contributed by atoms with van der Waals surface area (Å²) in [5.74, 6) is 1.67. The third kappa shape index (κ3) is 4.55. The topological polar surface area (TPSA) is 50.7 Å². The lowest BCUT2D eigenvalue weighted by Gasteiger charge is -2.12. The molecule has 0 heterocycles. The smallest absolute Gasteiger partial charge is 0.123 e. The molecule has 18 heavy (non-hydrogen) atoms. The summed E-state index contributed by atoms with van der Waals surface area (Å²) < 4.78 is 10.5. The fourth-order valence-electron chi connectivity index (χ4n) is 1.72. The molecular weight excluding hydrogens is 230 g/mol. The first-order chi connectivity index (χ1) is 8.71. The van der Waals surface area contributed by atoms with Gasteiger partial charge in [-0.2, -0.15) is 0 Å². The highest BCUT2D eigenvalue weighted by atomic mass is 16.5. The van der Waals surface area contributed by atoms with E-state index in [0.29, 0.717) is 6.54 Å². The first-order valence-corrected chi connectivity index (χ1v) is 6.31. The lowest BCUT2D eigenvalue weighted by atomic mass is 10.1. The van der Waals surface area contributed by atoms with E-state index in [2.05, 4.69) is 5.32 Å². The van der Waals surface area contributed by atoms with Gasteiger partial charge >= 0.3 is 0 Å². The molecule has 0 spiro atoms. The number of aliphatic hydroxyl groups is 1. The molecule has 4 heteroatoms. The molecule has 1 rings (SSSR count). The van der Waals surface area contributed by atoms with E-state index in [1.165, 1.54) is 0 Å². The summed E-state index contributed by atoms with van der Waals surface area (Å²) in [5.41, 5.74) is 1.06. The molecule has 0 fully saturated rings. The maximum absolute atomic E-state index is 9.45. The number of hydrogen-bond donors (Lipinski definition) is 2. The normalized spacial score (nSPS) is 12.2. The Balaban J connectivity index is 2.49. The van der Waals surface area contributed by atoms with Gasteiger partial charge in [0, 0.05) is 12.1 Å². The van der Waals surface area contributed by atoms with Crippen molar-refractivity contribution in [3.8, 4) is 11.5 Å². The molecule has 0 aromatic heterocycles. The maximum atomic E-state index is 9.45. The largest absolute Gasteiger partial charge is 0.497 e. The molecule has 0 radical (unpaired) electrons. The van der Waals surface area contributed by atoms with E-state index in [9.17, 15) is 5.11 Å². The summed E-state index contributed by atoms with van der Waals surface area (Å²) in [6, 6.07) is 5.74. The molecule has 0 aliphatic carbocycles. The summed E-state index contributed by atoms with van der Waals surface area (Å²) in [6.45, 7) is 3.47. The van der Waals surface area contributed by atoms with Crippen molar-refractivity contribution in [2.24, 2.45) is 0 Å². The van der Waals surface area contributed by atoms with Crippen molar-refractivity contribution in [2.45, 2.75) is 32.4 Å². The predicted molar refractivity (Wildman–Crippen MR) is 72.2 cm³/mol. The quantitative estimate of drug-likeness (QED) is 0.695. The van der Waals surface area contributed by atoms with E-state index in [-0.39, 0.29) is 6.10 Å². The molecule has 1 aromatic carbocycles. The molecule has 1 aromatic rings. The van der Waals surface area contributed by atoms with Crippen molar-refractivity contribution in [3.05, 3.63) is 23.8 Å². The Morgan fingerprint density at radius 2 is 2.06 bits per heavy atom. The molecule has 4 nitrogen and oxygen atoms in total. The minimum absolute atomic E-state index is 0.218. The van der Waals surface area contributed by atoms with Gasteiger partial charge in [0.05, 0.1) is 20.3 Å². The van der Waals surface area contributed by atoms with Gasteiger partial charge in [0.2, 0.25) is 0 Å². The van der Waals surface area contributed by atoms with Crippen molar-refractivity contribution < 1.29 is 14.6 Å². The maximum Gasteiger partial charge on any atom is 0.123 e. The summed E-state index contributed by atoms with van der Waals surface area (Å²) >= 11 is 0. The van der Waals surface area contributed by atoms with E-state index in [4.69, 9.17) is 9.47 Å². The van der Waals surface area contributed by atoms with Crippen LogP contribution in [0.4, 0.5) is 0 Å². The number of nitrogens with one attached hydrogen (secondary N) is 1. The van der Waals surface area contributed by atoms with Crippen molar-refractivity contribution in [2.75, 3.05) is 20.8 Å². The lowest BCUT2D eigenvalue weighted by Crippen LogP contribution is -2.20. The number of ether oxygens (including phenoxy) is 2. The second-order valence-electron chi connectivity index (χ2n) is 4.21. The Labute approximate surface area is 109 Å². The average molecular weight is 253 g/mol. The Bertz CT molecular complexity index is 355. The van der Waals surface area contributed by atoms with Crippen LogP contribution in [0.5, 0.6) is 11.5 Å². The fourth-order valence-corrected chi connectivity index (χ4v) is 1.72. The molecule has 0 aliphatic heterocycles. The molecule has 0 saturated heterocycles. The summed E-state index contributed by atoms with van der Waals surface area (Å²) in [5, 5.41) is 12.8.